The summed E-state index contributed by atoms with van der Waals surface area (Å²) < 4.78 is 0. The second kappa shape index (κ2) is 7.52. The number of aliphatic imine (C=N–C) groups is 2. The van der Waals surface area contributed by atoms with E-state index in [2.05, 4.69) is 72.2 Å². The summed E-state index contributed by atoms with van der Waals surface area (Å²) >= 11 is 0. The van der Waals surface area contributed by atoms with Gasteiger partial charge < -0.3 is 20.3 Å². The van der Waals surface area contributed by atoms with E-state index in [1.165, 1.54) is 0 Å². The first-order valence-electron chi connectivity index (χ1n) is 12.3. The van der Waals surface area contributed by atoms with Crippen LogP contribution < -0.4 is 16.3 Å². The highest BCUT2D eigenvalue weighted by Gasteiger charge is 2.32. The molecular weight excluding hydrogens is 448 g/mol. The molecule has 178 valence electrons. The summed E-state index contributed by atoms with van der Waals surface area (Å²) in [5.41, 5.74) is 3.67. The highest BCUT2D eigenvalue weighted by molar-refractivity contribution is 6.12. The van der Waals surface area contributed by atoms with E-state index in [4.69, 9.17) is 20.0 Å². The van der Waals surface area contributed by atoms with Crippen molar-refractivity contribution in [3.63, 3.8) is 0 Å². The third-order valence-corrected chi connectivity index (χ3v) is 7.64. The topological polar surface area (TPSA) is 109 Å². The fourth-order valence-electron chi connectivity index (χ4n) is 5.07. The molecule has 5 heterocycles. The van der Waals surface area contributed by atoms with Gasteiger partial charge in [0.05, 0.1) is 0 Å². The van der Waals surface area contributed by atoms with Crippen LogP contribution in [0.25, 0.3) is 21.5 Å². The number of nitrogens with zero attached hydrogens (tertiary/aromatic N) is 4. The maximum Gasteiger partial charge on any atom is 0.142 e. The molecule has 0 spiro atoms. The zero-order valence-electron chi connectivity index (χ0n) is 20.6. The Kier molecular flexibility index (Phi) is 4.36. The second-order valence-corrected chi connectivity index (χ2v) is 9.73. The molecule has 7 rings (SSSR count). The van der Waals surface area contributed by atoms with Crippen molar-refractivity contribution >= 4 is 56.5 Å². The van der Waals surface area contributed by atoms with Gasteiger partial charge in [0.2, 0.25) is 0 Å². The van der Waals surface area contributed by atoms with Crippen molar-refractivity contribution in [2.24, 2.45) is 31.8 Å². The Hall–Kier alpha value is -4.46. The van der Waals surface area contributed by atoms with E-state index >= 15 is 0 Å². The number of H-pyrrole nitrogens is 3. The monoisotopic (exact) mass is 474 g/mol. The Morgan fingerprint density at radius 1 is 0.528 bits per heavy atom. The Morgan fingerprint density at radius 2 is 0.944 bits per heavy atom. The highest BCUT2D eigenvalue weighted by atomic mass is 15.2. The van der Waals surface area contributed by atoms with Gasteiger partial charge in [0, 0.05) is 33.4 Å². The third kappa shape index (κ3) is 3.00. The van der Waals surface area contributed by atoms with Crippen LogP contribution >= 0.6 is 0 Å². The lowest BCUT2D eigenvalue weighted by molar-refractivity contribution is 0.646. The number of fused-ring (bicyclic) bond motifs is 14. The molecule has 2 unspecified atom stereocenters. The number of amidine groups is 2. The van der Waals surface area contributed by atoms with Gasteiger partial charge in [-0.05, 0) is 25.0 Å². The van der Waals surface area contributed by atoms with E-state index in [-0.39, 0.29) is 11.8 Å². The molecule has 4 N–H and O–H groups in total. The van der Waals surface area contributed by atoms with Gasteiger partial charge in [-0.2, -0.15) is 0 Å². The molecule has 5 aromatic rings. The van der Waals surface area contributed by atoms with Crippen LogP contribution in [0.4, 0.5) is 23.3 Å². The standard InChI is InChI=1S/C28H26N8/c1-13-15(3)23-30-21(13)29-22-14(2)16(4)24(31-22)33-26-18-10-6-8-12-20(18)28(35-26)36-27-19-11-7-5-9-17(19)25(32-23)34-27/h5-13,15,31,34H,1-4H3,(H,29,30,32)(H,33,35,36). The molecule has 8 bridgehead atoms. The largest absolute Gasteiger partial charge is 0.331 e. The highest BCUT2D eigenvalue weighted by Crippen LogP contribution is 2.36. The Morgan fingerprint density at radius 3 is 1.53 bits per heavy atom. The number of aromatic amines is 3. The molecule has 1 saturated heterocycles. The van der Waals surface area contributed by atoms with E-state index < -0.39 is 0 Å². The van der Waals surface area contributed by atoms with Crippen LogP contribution in [-0.2, 0) is 0 Å². The Bertz CT molecular complexity index is 1880. The molecule has 2 aliphatic rings. The van der Waals surface area contributed by atoms with E-state index in [1.807, 2.05) is 24.3 Å². The summed E-state index contributed by atoms with van der Waals surface area (Å²) in [5.74, 6) is 5.33. The summed E-state index contributed by atoms with van der Waals surface area (Å²) in [4.78, 5) is 30.5. The molecule has 8 nitrogen and oxygen atoms in total. The SMILES string of the molecule is Cc1c2[nH]c(c1C)N=c1[nH]c(c3ccccc13)=Nc1[nH]c(c3ccccc13)N=C1NC(=N2)C(C)C1C. The van der Waals surface area contributed by atoms with Crippen LogP contribution in [0.5, 0.6) is 0 Å². The van der Waals surface area contributed by atoms with Crippen molar-refractivity contribution < 1.29 is 0 Å². The maximum atomic E-state index is 5.05. The van der Waals surface area contributed by atoms with Crippen LogP contribution in [0.3, 0.4) is 0 Å². The van der Waals surface area contributed by atoms with Crippen LogP contribution in [0, 0.1) is 25.7 Å². The minimum absolute atomic E-state index is 0.192. The molecule has 2 aliphatic heterocycles. The molecule has 3 aromatic heterocycles. The minimum Gasteiger partial charge on any atom is -0.331 e. The Balaban J connectivity index is 1.61. The quantitative estimate of drug-likeness (QED) is 0.235. The molecule has 1 fully saturated rings. The van der Waals surface area contributed by atoms with E-state index in [0.717, 1.165) is 78.6 Å². The van der Waals surface area contributed by atoms with Crippen molar-refractivity contribution in [2.75, 3.05) is 0 Å². The molecule has 0 aliphatic carbocycles. The Labute approximate surface area is 207 Å². The van der Waals surface area contributed by atoms with Crippen LogP contribution in [0.2, 0.25) is 0 Å². The minimum atomic E-state index is 0.192. The molecule has 36 heavy (non-hydrogen) atoms. The van der Waals surface area contributed by atoms with Crippen molar-refractivity contribution in [3.8, 4) is 0 Å². The molecule has 0 radical (unpaired) electrons. The number of nitrogens with one attached hydrogen (secondary N) is 4. The molecule has 0 amide bonds. The first-order valence-corrected chi connectivity index (χ1v) is 12.3. The van der Waals surface area contributed by atoms with Gasteiger partial charge in [0.25, 0.3) is 0 Å². The van der Waals surface area contributed by atoms with Gasteiger partial charge in [0.1, 0.15) is 45.9 Å². The number of aromatic nitrogens is 3. The van der Waals surface area contributed by atoms with Crippen LogP contribution in [0.1, 0.15) is 25.0 Å². The maximum absolute atomic E-state index is 5.05. The fraction of sp³-hybridized carbons (Fsp3) is 0.214. The van der Waals surface area contributed by atoms with Gasteiger partial charge in [-0.3, -0.25) is 0 Å². The number of benzene rings is 2. The summed E-state index contributed by atoms with van der Waals surface area (Å²) in [5, 5.41) is 7.57. The normalized spacial score (nSPS) is 19.0. The number of hydrogen-bond acceptors (Lipinski definition) is 5. The zero-order chi connectivity index (χ0) is 24.6. The molecule has 2 aromatic carbocycles. The van der Waals surface area contributed by atoms with Gasteiger partial charge in [-0.1, -0.05) is 62.4 Å². The lowest BCUT2D eigenvalue weighted by Gasteiger charge is -2.06. The van der Waals surface area contributed by atoms with E-state index in [1.54, 1.807) is 0 Å². The fourth-order valence-corrected chi connectivity index (χ4v) is 5.07. The van der Waals surface area contributed by atoms with Gasteiger partial charge in [-0.15, -0.1) is 0 Å². The van der Waals surface area contributed by atoms with Crippen LogP contribution in [-0.4, -0.2) is 26.6 Å². The van der Waals surface area contributed by atoms with Crippen molar-refractivity contribution in [3.05, 3.63) is 70.6 Å². The van der Waals surface area contributed by atoms with Gasteiger partial charge in [0.15, 0.2) is 0 Å². The molecule has 2 atom stereocenters. The van der Waals surface area contributed by atoms with Gasteiger partial charge in [-0.25, -0.2) is 20.0 Å². The summed E-state index contributed by atoms with van der Waals surface area (Å²) in [6.07, 6.45) is 0. The van der Waals surface area contributed by atoms with Crippen molar-refractivity contribution in [1.82, 2.24) is 20.3 Å². The molecule has 0 saturated carbocycles. The average molecular weight is 475 g/mol. The van der Waals surface area contributed by atoms with Crippen molar-refractivity contribution in [2.45, 2.75) is 27.7 Å². The van der Waals surface area contributed by atoms with Crippen LogP contribution in [0.15, 0.2) is 68.5 Å². The first kappa shape index (κ1) is 20.9. The third-order valence-electron chi connectivity index (χ3n) is 7.64. The summed E-state index contributed by atoms with van der Waals surface area (Å²) in [6.45, 7) is 8.52. The van der Waals surface area contributed by atoms with E-state index in [0.29, 0.717) is 0 Å². The zero-order valence-corrected chi connectivity index (χ0v) is 20.6. The predicted octanol–water partition coefficient (Wildman–Crippen LogP) is 5.45. The number of hydrogen-bond donors (Lipinski definition) is 4. The predicted molar refractivity (Wildman–Crippen MR) is 144 cm³/mol. The smallest absolute Gasteiger partial charge is 0.142 e. The average Bonchev–Trinajstić information content (AvgIpc) is 3.57. The second-order valence-electron chi connectivity index (χ2n) is 9.73. The van der Waals surface area contributed by atoms with E-state index in [9.17, 15) is 0 Å². The summed E-state index contributed by atoms with van der Waals surface area (Å²) in [7, 11) is 0. The molecule has 8 heteroatoms. The lowest BCUT2D eigenvalue weighted by atomic mass is 9.98. The van der Waals surface area contributed by atoms with Gasteiger partial charge >= 0.3 is 0 Å². The van der Waals surface area contributed by atoms with Crippen molar-refractivity contribution in [1.29, 1.82) is 0 Å². The number of rotatable bonds is 0. The lowest BCUT2D eigenvalue weighted by Crippen LogP contribution is -2.22. The summed E-state index contributed by atoms with van der Waals surface area (Å²) in [6, 6.07) is 16.4. The first-order chi connectivity index (χ1) is 17.5. The molecular formula is C28H26N8.